The minimum absolute atomic E-state index is 0.277. The van der Waals surface area contributed by atoms with Gasteiger partial charge < -0.3 is 15.0 Å². The van der Waals surface area contributed by atoms with Gasteiger partial charge in [-0.15, -0.1) is 0 Å². The molecule has 1 aromatic rings. The predicted molar refractivity (Wildman–Crippen MR) is 72.3 cm³/mol. The average Bonchev–Trinajstić information content (AvgIpc) is 2.99. The van der Waals surface area contributed by atoms with E-state index in [2.05, 4.69) is 15.2 Å². The lowest BCUT2D eigenvalue weighted by molar-refractivity contribution is 0.0526. The number of rotatable bonds is 3. The highest BCUT2D eigenvalue weighted by molar-refractivity contribution is 5.94. The highest BCUT2D eigenvalue weighted by Gasteiger charge is 2.37. The Morgan fingerprint density at radius 1 is 1.47 bits per heavy atom. The van der Waals surface area contributed by atoms with Crippen molar-refractivity contribution in [1.29, 1.82) is 0 Å². The van der Waals surface area contributed by atoms with Gasteiger partial charge in [-0.2, -0.15) is 0 Å². The first-order valence-electron chi connectivity index (χ1n) is 6.87. The summed E-state index contributed by atoms with van der Waals surface area (Å²) in [5.41, 5.74) is 0.581. The van der Waals surface area contributed by atoms with Gasteiger partial charge in [0.1, 0.15) is 11.4 Å². The number of aromatic nitrogens is 1. The third kappa shape index (κ3) is 2.30. The van der Waals surface area contributed by atoms with Gasteiger partial charge in [0.25, 0.3) is 0 Å². The summed E-state index contributed by atoms with van der Waals surface area (Å²) in [7, 11) is 0. The number of esters is 1. The summed E-state index contributed by atoms with van der Waals surface area (Å²) in [6.07, 6.45) is 1.74. The zero-order valence-electron chi connectivity index (χ0n) is 11.1. The molecule has 2 saturated heterocycles. The molecule has 1 aromatic heterocycles. The third-order valence-corrected chi connectivity index (χ3v) is 3.97. The highest BCUT2D eigenvalue weighted by Crippen LogP contribution is 2.31. The van der Waals surface area contributed by atoms with Crippen molar-refractivity contribution < 1.29 is 9.53 Å². The molecule has 2 aliphatic rings. The Bertz CT molecular complexity index is 466. The molecule has 5 heteroatoms. The van der Waals surface area contributed by atoms with Gasteiger partial charge in [-0.3, -0.25) is 0 Å². The second-order valence-electron chi connectivity index (χ2n) is 5.18. The Morgan fingerprint density at radius 2 is 2.21 bits per heavy atom. The molecular weight excluding hydrogens is 242 g/mol. The van der Waals surface area contributed by atoms with Gasteiger partial charge in [0.05, 0.1) is 6.61 Å². The second kappa shape index (κ2) is 5.17. The van der Waals surface area contributed by atoms with Crippen LogP contribution in [0.1, 0.15) is 17.3 Å². The van der Waals surface area contributed by atoms with Crippen molar-refractivity contribution in [2.24, 2.45) is 11.8 Å². The maximum absolute atomic E-state index is 12.0. The van der Waals surface area contributed by atoms with Gasteiger partial charge in [-0.1, -0.05) is 0 Å². The Kier molecular flexibility index (Phi) is 3.38. The van der Waals surface area contributed by atoms with Gasteiger partial charge in [-0.05, 0) is 30.9 Å². The molecular formula is C14H19N3O2. The molecule has 102 valence electrons. The van der Waals surface area contributed by atoms with Crippen molar-refractivity contribution in [3.63, 3.8) is 0 Å². The molecule has 0 bridgehead atoms. The molecule has 19 heavy (non-hydrogen) atoms. The lowest BCUT2D eigenvalue weighted by atomic mass is 10.0. The van der Waals surface area contributed by atoms with Crippen LogP contribution in [0, 0.1) is 11.8 Å². The fourth-order valence-electron chi connectivity index (χ4n) is 3.05. The van der Waals surface area contributed by atoms with E-state index in [0.717, 1.165) is 32.0 Å². The SMILES string of the molecule is CCOC(=O)c1cccnc1N1CC2CNCC2C1. The van der Waals surface area contributed by atoms with Crippen LogP contribution in [-0.4, -0.2) is 43.7 Å². The highest BCUT2D eigenvalue weighted by atomic mass is 16.5. The van der Waals surface area contributed by atoms with Crippen LogP contribution >= 0.6 is 0 Å². The number of ether oxygens (including phenoxy) is 1. The minimum Gasteiger partial charge on any atom is -0.462 e. The average molecular weight is 261 g/mol. The van der Waals surface area contributed by atoms with Crippen molar-refractivity contribution in [2.45, 2.75) is 6.92 Å². The maximum Gasteiger partial charge on any atom is 0.341 e. The van der Waals surface area contributed by atoms with Crippen LogP contribution in [0.2, 0.25) is 0 Å². The number of hydrogen-bond donors (Lipinski definition) is 1. The van der Waals surface area contributed by atoms with Gasteiger partial charge in [0.15, 0.2) is 0 Å². The monoisotopic (exact) mass is 261 g/mol. The van der Waals surface area contributed by atoms with E-state index in [9.17, 15) is 4.79 Å². The first kappa shape index (κ1) is 12.4. The third-order valence-electron chi connectivity index (χ3n) is 3.97. The van der Waals surface area contributed by atoms with Crippen LogP contribution in [0.15, 0.2) is 18.3 Å². The van der Waals surface area contributed by atoms with Crippen molar-refractivity contribution in [2.75, 3.05) is 37.7 Å². The molecule has 2 fully saturated rings. The molecule has 3 heterocycles. The summed E-state index contributed by atoms with van der Waals surface area (Å²) in [6, 6.07) is 3.58. The van der Waals surface area contributed by atoms with E-state index < -0.39 is 0 Å². The number of fused-ring (bicyclic) bond motifs is 1. The number of nitrogens with zero attached hydrogens (tertiary/aromatic N) is 2. The molecule has 2 unspecified atom stereocenters. The number of pyridine rings is 1. The van der Waals surface area contributed by atoms with Crippen molar-refractivity contribution in [1.82, 2.24) is 10.3 Å². The molecule has 0 aliphatic carbocycles. The fraction of sp³-hybridized carbons (Fsp3) is 0.571. The Balaban J connectivity index is 1.83. The van der Waals surface area contributed by atoms with Crippen LogP contribution in [0.25, 0.3) is 0 Å². The molecule has 0 radical (unpaired) electrons. The molecule has 0 aromatic carbocycles. The lowest BCUT2D eigenvalue weighted by Crippen LogP contribution is -2.28. The minimum atomic E-state index is -0.277. The maximum atomic E-state index is 12.0. The molecule has 1 N–H and O–H groups in total. The molecule has 0 amide bonds. The largest absolute Gasteiger partial charge is 0.462 e. The van der Waals surface area contributed by atoms with E-state index in [-0.39, 0.29) is 5.97 Å². The molecule has 2 aliphatic heterocycles. The quantitative estimate of drug-likeness (QED) is 0.820. The van der Waals surface area contributed by atoms with Crippen LogP contribution < -0.4 is 10.2 Å². The summed E-state index contributed by atoms with van der Waals surface area (Å²) in [4.78, 5) is 18.6. The first-order chi connectivity index (χ1) is 9.29. The van der Waals surface area contributed by atoms with E-state index in [1.807, 2.05) is 6.92 Å². The van der Waals surface area contributed by atoms with Crippen molar-refractivity contribution >= 4 is 11.8 Å². The number of nitrogens with one attached hydrogen (secondary N) is 1. The number of carbonyl (C=O) groups is 1. The zero-order valence-corrected chi connectivity index (χ0v) is 11.1. The van der Waals surface area contributed by atoms with Crippen LogP contribution in [0.3, 0.4) is 0 Å². The molecule has 5 nitrogen and oxygen atoms in total. The van der Waals surface area contributed by atoms with E-state index in [1.165, 1.54) is 0 Å². The second-order valence-corrected chi connectivity index (χ2v) is 5.18. The van der Waals surface area contributed by atoms with Crippen molar-refractivity contribution in [3.05, 3.63) is 23.9 Å². The molecule has 2 atom stereocenters. The summed E-state index contributed by atoms with van der Waals surface area (Å²) >= 11 is 0. The van der Waals surface area contributed by atoms with Crippen LogP contribution in [0.4, 0.5) is 5.82 Å². The van der Waals surface area contributed by atoms with Gasteiger partial charge in [-0.25, -0.2) is 9.78 Å². The first-order valence-corrected chi connectivity index (χ1v) is 6.87. The predicted octanol–water partition coefficient (Wildman–Crippen LogP) is 0.914. The number of anilines is 1. The topological polar surface area (TPSA) is 54.5 Å². The van der Waals surface area contributed by atoms with E-state index in [4.69, 9.17) is 4.74 Å². The van der Waals surface area contributed by atoms with Crippen molar-refractivity contribution in [3.8, 4) is 0 Å². The molecule has 3 rings (SSSR count). The standard InChI is InChI=1S/C14H19N3O2/c1-2-19-14(18)12-4-3-5-16-13(12)17-8-10-6-15-7-11(10)9-17/h3-5,10-11,15H,2,6-9H2,1H3. The summed E-state index contributed by atoms with van der Waals surface area (Å²) in [6.45, 7) is 6.30. The number of hydrogen-bond acceptors (Lipinski definition) is 5. The van der Waals surface area contributed by atoms with Crippen LogP contribution in [-0.2, 0) is 4.74 Å². The lowest BCUT2D eigenvalue weighted by Gasteiger charge is -2.20. The molecule has 0 saturated carbocycles. The van der Waals surface area contributed by atoms with Crippen LogP contribution in [0.5, 0.6) is 0 Å². The zero-order chi connectivity index (χ0) is 13.2. The Labute approximate surface area is 113 Å². The van der Waals surface area contributed by atoms with E-state index in [1.54, 1.807) is 18.3 Å². The Morgan fingerprint density at radius 3 is 2.89 bits per heavy atom. The smallest absolute Gasteiger partial charge is 0.341 e. The normalized spacial score (nSPS) is 25.4. The van der Waals surface area contributed by atoms with E-state index >= 15 is 0 Å². The van der Waals surface area contributed by atoms with Gasteiger partial charge >= 0.3 is 5.97 Å². The van der Waals surface area contributed by atoms with Gasteiger partial charge in [0, 0.05) is 32.4 Å². The summed E-state index contributed by atoms with van der Waals surface area (Å²) in [5, 5.41) is 3.42. The van der Waals surface area contributed by atoms with E-state index in [0.29, 0.717) is 24.0 Å². The summed E-state index contributed by atoms with van der Waals surface area (Å²) < 4.78 is 5.10. The number of carbonyl (C=O) groups excluding carboxylic acids is 1. The van der Waals surface area contributed by atoms with Gasteiger partial charge in [0.2, 0.25) is 0 Å². The fourth-order valence-corrected chi connectivity index (χ4v) is 3.05. The molecule has 0 spiro atoms. The summed E-state index contributed by atoms with van der Waals surface area (Å²) in [5.74, 6) is 1.85. The Hall–Kier alpha value is -1.62.